The predicted octanol–water partition coefficient (Wildman–Crippen LogP) is 1.31. The second-order valence-corrected chi connectivity index (χ2v) is 3.86. The van der Waals surface area contributed by atoms with Crippen LogP contribution in [0, 0.1) is 0 Å². The molecule has 5 heteroatoms. The first-order valence-electron chi connectivity index (χ1n) is 5.36. The Labute approximate surface area is 94.5 Å². The van der Waals surface area contributed by atoms with Crippen LogP contribution in [0.4, 0.5) is 0 Å². The van der Waals surface area contributed by atoms with E-state index >= 15 is 0 Å². The van der Waals surface area contributed by atoms with Crippen molar-refractivity contribution < 1.29 is 9.84 Å². The van der Waals surface area contributed by atoms with E-state index in [-0.39, 0.29) is 11.4 Å². The summed E-state index contributed by atoms with van der Waals surface area (Å²) in [4.78, 5) is 18.3. The molecule has 1 rings (SSSR count). The van der Waals surface area contributed by atoms with Crippen LogP contribution in [-0.2, 0) is 16.8 Å². The number of nitrogens with one attached hydrogen (secondary N) is 1. The van der Waals surface area contributed by atoms with Gasteiger partial charge < -0.3 is 14.8 Å². The highest BCUT2D eigenvalue weighted by molar-refractivity contribution is 5.23. The van der Waals surface area contributed by atoms with E-state index in [1.165, 1.54) is 0 Å². The van der Waals surface area contributed by atoms with E-state index in [0.717, 1.165) is 0 Å². The average Bonchev–Trinajstić information content (AvgIpc) is 2.27. The van der Waals surface area contributed by atoms with Gasteiger partial charge in [-0.2, -0.15) is 4.98 Å². The van der Waals surface area contributed by atoms with Gasteiger partial charge in [-0.15, -0.1) is 0 Å². The fraction of sp³-hybridized carbons (Fsp3) is 0.636. The molecule has 0 radical (unpaired) electrons. The van der Waals surface area contributed by atoms with Crippen LogP contribution in [0.25, 0.3) is 0 Å². The van der Waals surface area contributed by atoms with Gasteiger partial charge in [-0.05, 0) is 19.8 Å². The van der Waals surface area contributed by atoms with Gasteiger partial charge in [0.1, 0.15) is 11.4 Å². The Morgan fingerprint density at radius 3 is 2.50 bits per heavy atom. The predicted molar refractivity (Wildman–Crippen MR) is 60.6 cm³/mol. The third-order valence-electron chi connectivity index (χ3n) is 2.97. The Hall–Kier alpha value is -1.36. The van der Waals surface area contributed by atoms with Crippen molar-refractivity contribution in [2.75, 3.05) is 7.11 Å². The van der Waals surface area contributed by atoms with Crippen LogP contribution in [0.15, 0.2) is 4.79 Å². The number of aromatic amines is 1. The molecular formula is C11H18N2O3. The molecule has 0 aliphatic carbocycles. The first-order chi connectivity index (χ1) is 7.48. The highest BCUT2D eigenvalue weighted by Crippen LogP contribution is 2.25. The lowest BCUT2D eigenvalue weighted by atomic mass is 10.0. The average molecular weight is 226 g/mol. The molecule has 1 heterocycles. The van der Waals surface area contributed by atoms with Gasteiger partial charge in [0.05, 0.1) is 5.56 Å². The Balaban J connectivity index is 3.33. The summed E-state index contributed by atoms with van der Waals surface area (Å²) in [6.45, 7) is 5.53. The standard InChI is InChI=1S/C11H18N2O3/c1-5-7-8(14)12-10(13-9(7)15)11(3,6-2)16-4/h5-6H2,1-4H3,(H2,12,13,14,15). The van der Waals surface area contributed by atoms with Gasteiger partial charge in [-0.3, -0.25) is 4.79 Å². The molecule has 0 spiro atoms. The smallest absolute Gasteiger partial charge is 0.258 e. The van der Waals surface area contributed by atoms with Gasteiger partial charge in [0.25, 0.3) is 5.56 Å². The maximum Gasteiger partial charge on any atom is 0.258 e. The van der Waals surface area contributed by atoms with Crippen LogP contribution >= 0.6 is 0 Å². The molecule has 0 aliphatic heterocycles. The third kappa shape index (κ3) is 2.09. The lowest BCUT2D eigenvalue weighted by Gasteiger charge is -2.25. The van der Waals surface area contributed by atoms with Crippen molar-refractivity contribution >= 4 is 0 Å². The molecule has 0 fully saturated rings. The molecule has 0 saturated carbocycles. The van der Waals surface area contributed by atoms with Crippen molar-refractivity contribution in [3.8, 4) is 5.88 Å². The summed E-state index contributed by atoms with van der Waals surface area (Å²) in [5.74, 6) is 0.148. The molecule has 16 heavy (non-hydrogen) atoms. The molecule has 0 aromatic carbocycles. The molecule has 0 aliphatic rings. The number of H-pyrrole nitrogens is 1. The Morgan fingerprint density at radius 1 is 1.50 bits per heavy atom. The number of ether oxygens (including phenoxy) is 1. The van der Waals surface area contributed by atoms with E-state index in [1.54, 1.807) is 14.0 Å². The zero-order valence-corrected chi connectivity index (χ0v) is 10.1. The molecule has 90 valence electrons. The van der Waals surface area contributed by atoms with Gasteiger partial charge in [0, 0.05) is 7.11 Å². The summed E-state index contributed by atoms with van der Waals surface area (Å²) < 4.78 is 5.31. The molecule has 1 aromatic rings. The molecule has 0 bridgehead atoms. The molecule has 1 aromatic heterocycles. The molecule has 2 N–H and O–H groups in total. The van der Waals surface area contributed by atoms with Crippen molar-refractivity contribution in [2.24, 2.45) is 0 Å². The van der Waals surface area contributed by atoms with E-state index < -0.39 is 5.60 Å². The lowest BCUT2D eigenvalue weighted by Crippen LogP contribution is -2.30. The zero-order valence-electron chi connectivity index (χ0n) is 10.1. The number of aromatic hydroxyl groups is 1. The number of hydrogen-bond donors (Lipinski definition) is 2. The summed E-state index contributed by atoms with van der Waals surface area (Å²) >= 11 is 0. The van der Waals surface area contributed by atoms with Crippen LogP contribution in [0.3, 0.4) is 0 Å². The second kappa shape index (κ2) is 4.65. The SMILES string of the molecule is CCc1c(O)nc(C(C)(CC)OC)[nH]c1=O. The first kappa shape index (κ1) is 12.7. The number of methoxy groups -OCH3 is 1. The van der Waals surface area contributed by atoms with Crippen LogP contribution in [0.2, 0.25) is 0 Å². The number of nitrogens with zero attached hydrogens (tertiary/aromatic N) is 1. The highest BCUT2D eigenvalue weighted by Gasteiger charge is 2.28. The van der Waals surface area contributed by atoms with Gasteiger partial charge in [-0.1, -0.05) is 13.8 Å². The van der Waals surface area contributed by atoms with Gasteiger partial charge >= 0.3 is 0 Å². The van der Waals surface area contributed by atoms with Crippen molar-refractivity contribution in [1.29, 1.82) is 0 Å². The van der Waals surface area contributed by atoms with Crippen LogP contribution < -0.4 is 5.56 Å². The second-order valence-electron chi connectivity index (χ2n) is 3.86. The van der Waals surface area contributed by atoms with E-state index in [0.29, 0.717) is 24.2 Å². The van der Waals surface area contributed by atoms with E-state index in [4.69, 9.17) is 4.74 Å². The number of rotatable bonds is 4. The first-order valence-corrected chi connectivity index (χ1v) is 5.36. The highest BCUT2D eigenvalue weighted by atomic mass is 16.5. The molecular weight excluding hydrogens is 208 g/mol. The van der Waals surface area contributed by atoms with Crippen molar-refractivity contribution in [2.45, 2.75) is 39.2 Å². The molecule has 0 saturated heterocycles. The van der Waals surface area contributed by atoms with Gasteiger partial charge in [0.2, 0.25) is 5.88 Å². The fourth-order valence-corrected chi connectivity index (χ4v) is 1.46. The van der Waals surface area contributed by atoms with Crippen molar-refractivity contribution in [1.82, 2.24) is 9.97 Å². The minimum absolute atomic E-state index is 0.210. The molecule has 5 nitrogen and oxygen atoms in total. The van der Waals surface area contributed by atoms with E-state index in [1.807, 2.05) is 13.8 Å². The fourth-order valence-electron chi connectivity index (χ4n) is 1.46. The minimum Gasteiger partial charge on any atom is -0.493 e. The number of hydrogen-bond acceptors (Lipinski definition) is 4. The van der Waals surface area contributed by atoms with Crippen LogP contribution in [0.1, 0.15) is 38.6 Å². The van der Waals surface area contributed by atoms with Crippen molar-refractivity contribution in [3.05, 3.63) is 21.7 Å². The summed E-state index contributed by atoms with van der Waals surface area (Å²) in [7, 11) is 1.55. The summed E-state index contributed by atoms with van der Waals surface area (Å²) in [5, 5.41) is 9.64. The normalized spacial score (nSPS) is 14.8. The largest absolute Gasteiger partial charge is 0.493 e. The van der Waals surface area contributed by atoms with Crippen LogP contribution in [0.5, 0.6) is 5.88 Å². The van der Waals surface area contributed by atoms with Gasteiger partial charge in [0.15, 0.2) is 0 Å². The molecule has 0 amide bonds. The maximum atomic E-state index is 11.7. The number of aromatic nitrogens is 2. The Morgan fingerprint density at radius 2 is 2.12 bits per heavy atom. The Kier molecular flexibility index (Phi) is 3.70. The molecule has 1 unspecified atom stereocenters. The van der Waals surface area contributed by atoms with E-state index in [2.05, 4.69) is 9.97 Å². The zero-order chi connectivity index (χ0) is 12.3. The monoisotopic (exact) mass is 226 g/mol. The lowest BCUT2D eigenvalue weighted by molar-refractivity contribution is -0.00966. The minimum atomic E-state index is -0.678. The Bertz CT molecular complexity index is 422. The van der Waals surface area contributed by atoms with Crippen molar-refractivity contribution in [3.63, 3.8) is 0 Å². The summed E-state index contributed by atoms with van der Waals surface area (Å²) in [6, 6.07) is 0. The topological polar surface area (TPSA) is 75.2 Å². The summed E-state index contributed by atoms with van der Waals surface area (Å²) in [5.41, 5.74) is -0.678. The van der Waals surface area contributed by atoms with Crippen LogP contribution in [-0.4, -0.2) is 22.2 Å². The molecule has 1 atom stereocenters. The van der Waals surface area contributed by atoms with Gasteiger partial charge in [-0.25, -0.2) is 0 Å². The summed E-state index contributed by atoms with van der Waals surface area (Å²) in [6.07, 6.45) is 1.10. The maximum absolute atomic E-state index is 11.7. The van der Waals surface area contributed by atoms with E-state index in [9.17, 15) is 9.90 Å². The quantitative estimate of drug-likeness (QED) is 0.811. The third-order valence-corrected chi connectivity index (χ3v) is 2.97.